The maximum atomic E-state index is 12.9. The lowest BCUT2D eigenvalue weighted by Gasteiger charge is -2.08. The number of aromatic amines is 1. The van der Waals surface area contributed by atoms with Gasteiger partial charge >= 0.3 is 0 Å². The lowest BCUT2D eigenvalue weighted by molar-refractivity contribution is -0.110. The maximum absolute atomic E-state index is 12.9. The number of benzene rings is 1. The van der Waals surface area contributed by atoms with Gasteiger partial charge in [-0.05, 0) is 25.0 Å². The third-order valence-corrected chi connectivity index (χ3v) is 7.41. The number of carbonyl (C=O) groups excluding carboxylic acids is 1. The fraction of sp³-hybridized carbons (Fsp3) is 0.333. The summed E-state index contributed by atoms with van der Waals surface area (Å²) in [6, 6.07) is 6.01. The highest BCUT2D eigenvalue weighted by Gasteiger charge is 2.36. The molecule has 11 nitrogen and oxygen atoms in total. The Morgan fingerprint density at radius 2 is 2.10 bits per heavy atom. The summed E-state index contributed by atoms with van der Waals surface area (Å²) in [4.78, 5) is 26.5. The van der Waals surface area contributed by atoms with Crippen LogP contribution in [0.3, 0.4) is 0 Å². The van der Waals surface area contributed by atoms with E-state index < -0.39 is 15.7 Å². The predicted octanol–water partition coefficient (Wildman–Crippen LogP) is 1.71. The second-order valence-electron chi connectivity index (χ2n) is 6.74. The molecule has 2 aromatic heterocycles. The molecule has 1 aromatic carbocycles. The minimum absolute atomic E-state index is 0.0241. The number of rotatable bonds is 9. The number of carbonyl (C=O) groups is 1. The Hall–Kier alpha value is -3.19. The predicted molar refractivity (Wildman–Crippen MR) is 112 cm³/mol. The van der Waals surface area contributed by atoms with Crippen LogP contribution in [0.4, 0.5) is 5.13 Å². The fourth-order valence-corrected chi connectivity index (χ4v) is 4.96. The molecular weight excluding hydrogens is 442 g/mol. The topological polar surface area (TPSA) is 152 Å². The Morgan fingerprint density at radius 3 is 2.71 bits per heavy atom. The van der Waals surface area contributed by atoms with Gasteiger partial charge in [0.2, 0.25) is 5.13 Å². The van der Waals surface area contributed by atoms with Crippen LogP contribution >= 0.6 is 11.5 Å². The molecule has 0 radical (unpaired) electrons. The maximum Gasteiger partial charge on any atom is 0.280 e. The van der Waals surface area contributed by atoms with Crippen molar-refractivity contribution < 1.29 is 18.0 Å². The zero-order valence-electron chi connectivity index (χ0n) is 16.5. The van der Waals surface area contributed by atoms with Gasteiger partial charge in [-0.3, -0.25) is 15.2 Å². The Kier molecular flexibility index (Phi) is 6.04. The van der Waals surface area contributed by atoms with E-state index in [1.54, 1.807) is 0 Å². The number of oxime groups is 1. The van der Waals surface area contributed by atoms with Crippen molar-refractivity contribution in [2.24, 2.45) is 5.16 Å². The summed E-state index contributed by atoms with van der Waals surface area (Å²) >= 11 is 1.06. The van der Waals surface area contributed by atoms with Gasteiger partial charge in [0.05, 0.1) is 10.1 Å². The molecule has 162 valence electrons. The first kappa shape index (κ1) is 21.1. The van der Waals surface area contributed by atoms with Crippen molar-refractivity contribution in [3.05, 3.63) is 47.8 Å². The molecule has 31 heavy (non-hydrogen) atoms. The number of anilines is 1. The summed E-state index contributed by atoms with van der Waals surface area (Å²) in [6.45, 7) is 1.89. The van der Waals surface area contributed by atoms with Crippen molar-refractivity contribution in [3.63, 3.8) is 0 Å². The molecule has 0 spiro atoms. The van der Waals surface area contributed by atoms with E-state index in [2.05, 4.69) is 35.0 Å². The molecule has 1 aliphatic rings. The van der Waals surface area contributed by atoms with E-state index in [-0.39, 0.29) is 22.5 Å². The zero-order chi connectivity index (χ0) is 21.8. The molecule has 2 heterocycles. The first-order valence-electron chi connectivity index (χ1n) is 9.50. The van der Waals surface area contributed by atoms with E-state index in [0.717, 1.165) is 11.5 Å². The molecule has 3 aromatic rings. The van der Waals surface area contributed by atoms with Crippen molar-refractivity contribution in [1.82, 2.24) is 24.5 Å². The van der Waals surface area contributed by atoms with E-state index in [1.165, 1.54) is 30.6 Å². The van der Waals surface area contributed by atoms with Crippen molar-refractivity contribution in [2.75, 3.05) is 5.32 Å². The summed E-state index contributed by atoms with van der Waals surface area (Å²) in [5.74, 6) is 0.496. The number of H-pyrrole nitrogens is 1. The standard InChI is InChI=1S/C18H19N7O4S2/c1-2-14-21-18(30-25-14)22-17(26)16(24-29-9-15-19-10-20-23-15)11-3-5-12(6-4-11)31(27,28)13-7-8-13/h3-6,10,13H,2,7-9H2,1H3,(H,19,20,23)(H,21,22,25,26)/b24-16+. The first-order valence-corrected chi connectivity index (χ1v) is 11.8. The number of aryl methyl sites for hydroxylation is 1. The number of sulfone groups is 1. The van der Waals surface area contributed by atoms with Crippen LogP contribution < -0.4 is 5.32 Å². The van der Waals surface area contributed by atoms with Crippen LogP contribution in [0.15, 0.2) is 40.6 Å². The second-order valence-corrected chi connectivity index (χ2v) is 9.72. The number of nitrogens with one attached hydrogen (secondary N) is 2. The second kappa shape index (κ2) is 8.89. The summed E-state index contributed by atoms with van der Waals surface area (Å²) in [5, 5.41) is 13.0. The highest BCUT2D eigenvalue weighted by molar-refractivity contribution is 7.92. The van der Waals surface area contributed by atoms with Gasteiger partial charge in [0.1, 0.15) is 12.2 Å². The molecule has 13 heteroatoms. The minimum atomic E-state index is -3.33. The molecule has 0 bridgehead atoms. The van der Waals surface area contributed by atoms with Gasteiger partial charge in [-0.2, -0.15) is 9.47 Å². The lowest BCUT2D eigenvalue weighted by Crippen LogP contribution is -2.24. The highest BCUT2D eigenvalue weighted by atomic mass is 32.2. The fourth-order valence-electron chi connectivity index (χ4n) is 2.66. The van der Waals surface area contributed by atoms with Crippen LogP contribution in [0.2, 0.25) is 0 Å². The van der Waals surface area contributed by atoms with E-state index >= 15 is 0 Å². The Balaban J connectivity index is 1.57. The molecule has 1 aliphatic carbocycles. The molecule has 0 aliphatic heterocycles. The van der Waals surface area contributed by atoms with Gasteiger partial charge in [0.25, 0.3) is 5.91 Å². The molecular formula is C18H19N7O4S2. The average Bonchev–Trinajstić information content (AvgIpc) is 3.34. The quantitative estimate of drug-likeness (QED) is 0.361. The van der Waals surface area contributed by atoms with E-state index in [1.807, 2.05) is 6.92 Å². The Labute approximate surface area is 182 Å². The summed E-state index contributed by atoms with van der Waals surface area (Å²) in [5.41, 5.74) is 0.355. The van der Waals surface area contributed by atoms with Gasteiger partial charge in [0, 0.05) is 23.5 Å². The van der Waals surface area contributed by atoms with Gasteiger partial charge in [0.15, 0.2) is 28.0 Å². The van der Waals surface area contributed by atoms with E-state index in [9.17, 15) is 13.2 Å². The number of hydrogen-bond acceptors (Lipinski definition) is 10. The Bertz CT molecular complexity index is 1180. The molecule has 0 saturated heterocycles. The summed E-state index contributed by atoms with van der Waals surface area (Å²) in [6.07, 6.45) is 3.33. The third-order valence-electron chi connectivity index (χ3n) is 4.46. The largest absolute Gasteiger partial charge is 0.387 e. The van der Waals surface area contributed by atoms with Crippen LogP contribution in [-0.4, -0.2) is 49.8 Å². The van der Waals surface area contributed by atoms with Crippen LogP contribution in [0.25, 0.3) is 0 Å². The average molecular weight is 462 g/mol. The third kappa shape index (κ3) is 4.94. The molecule has 0 atom stereocenters. The molecule has 4 rings (SSSR count). The van der Waals surface area contributed by atoms with Gasteiger partial charge in [-0.1, -0.05) is 24.2 Å². The van der Waals surface area contributed by atoms with Crippen molar-refractivity contribution in [2.45, 2.75) is 42.9 Å². The van der Waals surface area contributed by atoms with Crippen LogP contribution in [0.1, 0.15) is 37.0 Å². The van der Waals surface area contributed by atoms with Gasteiger partial charge in [-0.15, -0.1) is 0 Å². The molecule has 1 fully saturated rings. The van der Waals surface area contributed by atoms with Crippen LogP contribution in [0.5, 0.6) is 0 Å². The highest BCUT2D eigenvalue weighted by Crippen LogP contribution is 2.33. The normalized spacial score (nSPS) is 14.4. The minimum Gasteiger partial charge on any atom is -0.387 e. The summed E-state index contributed by atoms with van der Waals surface area (Å²) < 4.78 is 29.0. The summed E-state index contributed by atoms with van der Waals surface area (Å²) in [7, 11) is -3.33. The van der Waals surface area contributed by atoms with E-state index in [0.29, 0.717) is 41.6 Å². The smallest absolute Gasteiger partial charge is 0.280 e. The SMILES string of the molecule is CCc1nsc(NC(=O)/C(=N/OCc2ncn[nH]2)c2ccc(S(=O)(=O)C3CC3)cc2)n1. The molecule has 0 unspecified atom stereocenters. The Morgan fingerprint density at radius 1 is 1.32 bits per heavy atom. The number of hydrogen-bond donors (Lipinski definition) is 2. The zero-order valence-corrected chi connectivity index (χ0v) is 18.1. The van der Waals surface area contributed by atoms with Crippen molar-refractivity contribution >= 4 is 38.1 Å². The molecule has 1 amide bonds. The number of nitrogens with zero attached hydrogens (tertiary/aromatic N) is 5. The monoisotopic (exact) mass is 461 g/mol. The van der Waals surface area contributed by atoms with Gasteiger partial charge < -0.3 is 4.84 Å². The van der Waals surface area contributed by atoms with Crippen molar-refractivity contribution in [3.8, 4) is 0 Å². The van der Waals surface area contributed by atoms with Crippen LogP contribution in [0, 0.1) is 0 Å². The first-order chi connectivity index (χ1) is 15.0. The number of aromatic nitrogens is 5. The van der Waals surface area contributed by atoms with Crippen LogP contribution in [-0.2, 0) is 32.5 Å². The lowest BCUT2D eigenvalue weighted by atomic mass is 10.1. The molecule has 2 N–H and O–H groups in total. The van der Waals surface area contributed by atoms with Crippen molar-refractivity contribution in [1.29, 1.82) is 0 Å². The van der Waals surface area contributed by atoms with E-state index in [4.69, 9.17) is 4.84 Å². The number of amides is 1. The molecule has 1 saturated carbocycles. The van der Waals surface area contributed by atoms with Gasteiger partial charge in [-0.25, -0.2) is 18.4 Å².